The number of hydrogen-bond donors (Lipinski definition) is 1. The van der Waals surface area contributed by atoms with Crippen LogP contribution in [0.4, 0.5) is 0 Å². The summed E-state index contributed by atoms with van der Waals surface area (Å²) in [6.45, 7) is 8.57. The van der Waals surface area contributed by atoms with Crippen molar-refractivity contribution >= 4 is 5.91 Å². The molecule has 1 fully saturated rings. The fourth-order valence-corrected chi connectivity index (χ4v) is 2.20. The third kappa shape index (κ3) is 4.94. The van der Waals surface area contributed by atoms with Gasteiger partial charge < -0.3 is 15.0 Å². The number of hydrogen-bond acceptors (Lipinski definition) is 3. The van der Waals surface area contributed by atoms with E-state index in [2.05, 4.69) is 19.2 Å². The SMILES string of the molecule is CNC1CCN(C(=O)C(C)OCCC(C)C)CC1. The standard InChI is InChI=1S/C14H28N2O2/c1-11(2)7-10-18-12(3)14(17)16-8-5-13(15-4)6-9-16/h11-13,15H,5-10H2,1-4H3. The molecule has 1 atom stereocenters. The first-order chi connectivity index (χ1) is 8.54. The van der Waals surface area contributed by atoms with Crippen molar-refractivity contribution in [3.05, 3.63) is 0 Å². The van der Waals surface area contributed by atoms with E-state index in [0.29, 0.717) is 18.6 Å². The van der Waals surface area contributed by atoms with Crippen molar-refractivity contribution in [1.82, 2.24) is 10.2 Å². The van der Waals surface area contributed by atoms with Gasteiger partial charge in [0.1, 0.15) is 6.10 Å². The molecule has 18 heavy (non-hydrogen) atoms. The smallest absolute Gasteiger partial charge is 0.251 e. The van der Waals surface area contributed by atoms with Gasteiger partial charge in [-0.15, -0.1) is 0 Å². The molecule has 0 aromatic rings. The van der Waals surface area contributed by atoms with Crippen molar-refractivity contribution in [3.63, 3.8) is 0 Å². The Morgan fingerprint density at radius 3 is 2.44 bits per heavy atom. The van der Waals surface area contributed by atoms with Crippen molar-refractivity contribution in [2.45, 2.75) is 52.2 Å². The summed E-state index contributed by atoms with van der Waals surface area (Å²) < 4.78 is 5.61. The number of amides is 1. The lowest BCUT2D eigenvalue weighted by Gasteiger charge is -2.33. The highest BCUT2D eigenvalue weighted by molar-refractivity contribution is 5.80. The zero-order valence-electron chi connectivity index (χ0n) is 12.2. The summed E-state index contributed by atoms with van der Waals surface area (Å²) in [5.41, 5.74) is 0. The Balaban J connectivity index is 2.26. The van der Waals surface area contributed by atoms with Gasteiger partial charge in [0.2, 0.25) is 0 Å². The lowest BCUT2D eigenvalue weighted by Crippen LogP contribution is -2.47. The molecule has 1 aliphatic heterocycles. The van der Waals surface area contributed by atoms with E-state index >= 15 is 0 Å². The molecule has 0 spiro atoms. The van der Waals surface area contributed by atoms with Crippen LogP contribution in [0.1, 0.15) is 40.0 Å². The van der Waals surface area contributed by atoms with E-state index in [1.165, 1.54) is 0 Å². The van der Waals surface area contributed by atoms with Gasteiger partial charge >= 0.3 is 0 Å². The van der Waals surface area contributed by atoms with Gasteiger partial charge in [0.15, 0.2) is 0 Å². The van der Waals surface area contributed by atoms with Gasteiger partial charge in [0.25, 0.3) is 5.91 Å². The third-order valence-electron chi connectivity index (χ3n) is 3.63. The molecule has 0 aromatic carbocycles. The van der Waals surface area contributed by atoms with Gasteiger partial charge in [-0.1, -0.05) is 13.8 Å². The van der Waals surface area contributed by atoms with Gasteiger partial charge in [0.05, 0.1) is 0 Å². The molecular weight excluding hydrogens is 228 g/mol. The minimum absolute atomic E-state index is 0.147. The minimum Gasteiger partial charge on any atom is -0.369 e. The topological polar surface area (TPSA) is 41.6 Å². The van der Waals surface area contributed by atoms with Crippen LogP contribution in [0.5, 0.6) is 0 Å². The highest BCUT2D eigenvalue weighted by atomic mass is 16.5. The average Bonchev–Trinajstić information content (AvgIpc) is 2.37. The second-order valence-electron chi connectivity index (χ2n) is 5.58. The van der Waals surface area contributed by atoms with E-state index in [1.54, 1.807) is 0 Å². The zero-order chi connectivity index (χ0) is 13.5. The number of likely N-dealkylation sites (tertiary alicyclic amines) is 1. The van der Waals surface area contributed by atoms with Crippen LogP contribution in [0.3, 0.4) is 0 Å². The van der Waals surface area contributed by atoms with Gasteiger partial charge in [-0.2, -0.15) is 0 Å². The Labute approximate surface area is 111 Å². The minimum atomic E-state index is -0.296. The molecule has 1 unspecified atom stereocenters. The summed E-state index contributed by atoms with van der Waals surface area (Å²) in [7, 11) is 1.99. The van der Waals surface area contributed by atoms with Crippen molar-refractivity contribution in [2.75, 3.05) is 26.7 Å². The van der Waals surface area contributed by atoms with Crippen molar-refractivity contribution < 1.29 is 9.53 Å². The van der Waals surface area contributed by atoms with E-state index in [-0.39, 0.29) is 12.0 Å². The molecule has 1 aliphatic rings. The Morgan fingerprint density at radius 1 is 1.33 bits per heavy atom. The normalized spacial score (nSPS) is 19.3. The Kier molecular flexibility index (Phi) is 6.65. The highest BCUT2D eigenvalue weighted by Gasteiger charge is 2.25. The molecule has 1 rings (SSSR count). The Hall–Kier alpha value is -0.610. The summed E-state index contributed by atoms with van der Waals surface area (Å²) in [5.74, 6) is 0.770. The first kappa shape index (κ1) is 15.4. The fourth-order valence-electron chi connectivity index (χ4n) is 2.20. The molecule has 1 saturated heterocycles. The summed E-state index contributed by atoms with van der Waals surface area (Å²) in [6.07, 6.45) is 2.80. The number of rotatable bonds is 6. The summed E-state index contributed by atoms with van der Waals surface area (Å²) in [6, 6.07) is 0.561. The Morgan fingerprint density at radius 2 is 1.94 bits per heavy atom. The monoisotopic (exact) mass is 256 g/mol. The van der Waals surface area contributed by atoms with Crippen molar-refractivity contribution in [3.8, 4) is 0 Å². The van der Waals surface area contributed by atoms with E-state index in [0.717, 1.165) is 32.4 Å². The molecule has 0 saturated carbocycles. The van der Waals surface area contributed by atoms with Crippen LogP contribution in [-0.2, 0) is 9.53 Å². The van der Waals surface area contributed by atoms with Crippen LogP contribution in [-0.4, -0.2) is 49.7 Å². The predicted molar refractivity (Wildman–Crippen MR) is 73.5 cm³/mol. The zero-order valence-corrected chi connectivity index (χ0v) is 12.2. The van der Waals surface area contributed by atoms with Crippen LogP contribution >= 0.6 is 0 Å². The van der Waals surface area contributed by atoms with Gasteiger partial charge in [0, 0.05) is 25.7 Å². The van der Waals surface area contributed by atoms with Crippen LogP contribution < -0.4 is 5.32 Å². The highest BCUT2D eigenvalue weighted by Crippen LogP contribution is 2.12. The summed E-state index contributed by atoms with van der Waals surface area (Å²) in [5, 5.41) is 3.27. The first-order valence-corrected chi connectivity index (χ1v) is 7.12. The van der Waals surface area contributed by atoms with Crippen molar-refractivity contribution in [2.24, 2.45) is 5.92 Å². The maximum Gasteiger partial charge on any atom is 0.251 e. The number of carbonyl (C=O) groups excluding carboxylic acids is 1. The fraction of sp³-hybridized carbons (Fsp3) is 0.929. The molecule has 1 amide bonds. The second kappa shape index (κ2) is 7.74. The van der Waals surface area contributed by atoms with Crippen LogP contribution in [0, 0.1) is 5.92 Å². The van der Waals surface area contributed by atoms with E-state index in [4.69, 9.17) is 4.74 Å². The number of carbonyl (C=O) groups is 1. The van der Waals surface area contributed by atoms with E-state index in [1.807, 2.05) is 18.9 Å². The average molecular weight is 256 g/mol. The maximum absolute atomic E-state index is 12.1. The lowest BCUT2D eigenvalue weighted by atomic mass is 10.0. The summed E-state index contributed by atoms with van der Waals surface area (Å²) >= 11 is 0. The third-order valence-corrected chi connectivity index (χ3v) is 3.63. The molecule has 1 N–H and O–H groups in total. The van der Waals surface area contributed by atoms with Gasteiger partial charge in [-0.05, 0) is 39.2 Å². The quantitative estimate of drug-likeness (QED) is 0.785. The van der Waals surface area contributed by atoms with Crippen LogP contribution in [0.2, 0.25) is 0 Å². The van der Waals surface area contributed by atoms with Crippen molar-refractivity contribution in [1.29, 1.82) is 0 Å². The van der Waals surface area contributed by atoms with Crippen LogP contribution in [0.25, 0.3) is 0 Å². The number of ether oxygens (including phenoxy) is 1. The molecule has 0 aliphatic carbocycles. The molecule has 4 heteroatoms. The molecule has 4 nitrogen and oxygen atoms in total. The van der Waals surface area contributed by atoms with Crippen LogP contribution in [0.15, 0.2) is 0 Å². The van der Waals surface area contributed by atoms with Gasteiger partial charge in [-0.25, -0.2) is 0 Å². The molecule has 0 bridgehead atoms. The van der Waals surface area contributed by atoms with Gasteiger partial charge in [-0.3, -0.25) is 4.79 Å². The molecule has 106 valence electrons. The number of nitrogens with zero attached hydrogens (tertiary/aromatic N) is 1. The number of nitrogens with one attached hydrogen (secondary N) is 1. The number of piperidine rings is 1. The Bertz CT molecular complexity index is 248. The molecule has 0 aromatic heterocycles. The predicted octanol–water partition coefficient (Wildman–Crippen LogP) is 1.65. The molecule has 0 radical (unpaired) electrons. The lowest BCUT2D eigenvalue weighted by molar-refractivity contribution is -0.144. The van der Waals surface area contributed by atoms with E-state index < -0.39 is 0 Å². The molecule has 1 heterocycles. The van der Waals surface area contributed by atoms with E-state index in [9.17, 15) is 4.79 Å². The molecular formula is C14H28N2O2. The maximum atomic E-state index is 12.1. The second-order valence-corrected chi connectivity index (χ2v) is 5.58. The first-order valence-electron chi connectivity index (χ1n) is 7.12. The summed E-state index contributed by atoms with van der Waals surface area (Å²) in [4.78, 5) is 14.1. The largest absolute Gasteiger partial charge is 0.369 e.